The van der Waals surface area contributed by atoms with Gasteiger partial charge in [0.1, 0.15) is 18.0 Å². The van der Waals surface area contributed by atoms with E-state index in [0.717, 1.165) is 27.5 Å². The van der Waals surface area contributed by atoms with Crippen LogP contribution in [0.3, 0.4) is 0 Å². The Hall–Kier alpha value is -5.22. The number of halogens is 1. The van der Waals surface area contributed by atoms with Gasteiger partial charge in [0.05, 0.1) is 19.6 Å². The number of benzene rings is 4. The van der Waals surface area contributed by atoms with Gasteiger partial charge >= 0.3 is 6.03 Å². The zero-order valence-electron chi connectivity index (χ0n) is 24.8. The van der Waals surface area contributed by atoms with Crippen molar-refractivity contribution in [3.05, 3.63) is 126 Å². The smallest absolute Gasteiger partial charge is 0.332 e. The summed E-state index contributed by atoms with van der Waals surface area (Å²) in [4.78, 5) is 44.8. The number of hydrogen-bond acceptors (Lipinski definition) is 5. The summed E-state index contributed by atoms with van der Waals surface area (Å²) in [5, 5.41) is 8.20. The molecular formula is C35H35FN6O3. The van der Waals surface area contributed by atoms with Crippen molar-refractivity contribution < 1.29 is 18.8 Å². The van der Waals surface area contributed by atoms with Crippen LogP contribution in [0, 0.1) is 5.82 Å². The molecule has 3 N–H and O–H groups in total. The SMILES string of the molecule is C=CCN(C(=O)NCc1ccc(F)cc1)N1CC(=O)N2[C@@H](Cc3ccc(N)cc3)C(=O)N(Cc3cccc4ccccc34)C[C@@H]21. The topological polar surface area (TPSA) is 102 Å². The first-order valence-corrected chi connectivity index (χ1v) is 14.9. The summed E-state index contributed by atoms with van der Waals surface area (Å²) in [6.45, 7) is 4.64. The van der Waals surface area contributed by atoms with E-state index in [1.807, 2.05) is 54.6 Å². The van der Waals surface area contributed by atoms with E-state index in [4.69, 9.17) is 5.73 Å². The highest BCUT2D eigenvalue weighted by atomic mass is 19.1. The van der Waals surface area contributed by atoms with Crippen molar-refractivity contribution >= 4 is 34.3 Å². The van der Waals surface area contributed by atoms with Crippen LogP contribution in [0.15, 0.2) is 104 Å². The first-order chi connectivity index (χ1) is 21.8. The number of urea groups is 1. The first-order valence-electron chi connectivity index (χ1n) is 14.9. The van der Waals surface area contributed by atoms with Crippen LogP contribution < -0.4 is 11.1 Å². The lowest BCUT2D eigenvalue weighted by Gasteiger charge is -2.46. The molecule has 2 saturated heterocycles. The van der Waals surface area contributed by atoms with Crippen LogP contribution in [0.2, 0.25) is 0 Å². The molecule has 0 unspecified atom stereocenters. The molecule has 10 heteroatoms. The minimum Gasteiger partial charge on any atom is -0.399 e. The number of carbonyl (C=O) groups excluding carboxylic acids is 3. The van der Waals surface area contributed by atoms with Crippen LogP contribution in [-0.4, -0.2) is 69.5 Å². The highest BCUT2D eigenvalue weighted by molar-refractivity contribution is 5.92. The second-order valence-corrected chi connectivity index (χ2v) is 11.4. The van der Waals surface area contributed by atoms with Gasteiger partial charge in [0, 0.05) is 25.2 Å². The summed E-state index contributed by atoms with van der Waals surface area (Å²) >= 11 is 0. The molecule has 230 valence electrons. The van der Waals surface area contributed by atoms with Gasteiger partial charge in [-0.3, -0.25) is 14.6 Å². The van der Waals surface area contributed by atoms with Gasteiger partial charge < -0.3 is 20.9 Å². The van der Waals surface area contributed by atoms with Crippen molar-refractivity contribution in [2.24, 2.45) is 0 Å². The molecule has 0 radical (unpaired) electrons. The molecule has 0 saturated carbocycles. The van der Waals surface area contributed by atoms with Crippen molar-refractivity contribution in [3.63, 3.8) is 0 Å². The van der Waals surface area contributed by atoms with Crippen LogP contribution in [0.25, 0.3) is 10.8 Å². The van der Waals surface area contributed by atoms with Gasteiger partial charge in [0.25, 0.3) is 0 Å². The molecule has 0 spiro atoms. The van der Waals surface area contributed by atoms with Gasteiger partial charge in [0.15, 0.2) is 0 Å². The Morgan fingerprint density at radius 2 is 1.69 bits per heavy atom. The van der Waals surface area contributed by atoms with Crippen LogP contribution >= 0.6 is 0 Å². The predicted octanol–water partition coefficient (Wildman–Crippen LogP) is 4.30. The Kier molecular flexibility index (Phi) is 8.48. The second-order valence-electron chi connectivity index (χ2n) is 11.4. The highest BCUT2D eigenvalue weighted by Crippen LogP contribution is 2.31. The van der Waals surface area contributed by atoms with Gasteiger partial charge in [0.2, 0.25) is 11.8 Å². The molecule has 45 heavy (non-hydrogen) atoms. The molecule has 2 fully saturated rings. The van der Waals surface area contributed by atoms with Gasteiger partial charge in [-0.15, -0.1) is 6.58 Å². The number of nitrogens with zero attached hydrogens (tertiary/aromatic N) is 4. The van der Waals surface area contributed by atoms with E-state index in [-0.39, 0.29) is 43.8 Å². The Morgan fingerprint density at radius 3 is 2.44 bits per heavy atom. The van der Waals surface area contributed by atoms with Gasteiger partial charge in [-0.25, -0.2) is 9.18 Å². The minimum absolute atomic E-state index is 0.0733. The fourth-order valence-corrected chi connectivity index (χ4v) is 6.20. The Labute approximate surface area is 261 Å². The third-order valence-electron chi connectivity index (χ3n) is 8.42. The molecule has 0 aliphatic carbocycles. The lowest BCUT2D eigenvalue weighted by atomic mass is 9.99. The zero-order valence-corrected chi connectivity index (χ0v) is 24.8. The number of anilines is 1. The molecule has 0 bridgehead atoms. The molecule has 2 atom stereocenters. The summed E-state index contributed by atoms with van der Waals surface area (Å²) in [5.41, 5.74) is 9.12. The predicted molar refractivity (Wildman–Crippen MR) is 171 cm³/mol. The van der Waals surface area contributed by atoms with E-state index in [1.54, 1.807) is 45.2 Å². The van der Waals surface area contributed by atoms with E-state index >= 15 is 0 Å². The molecule has 2 aliphatic rings. The summed E-state index contributed by atoms with van der Waals surface area (Å²) in [7, 11) is 0. The van der Waals surface area contributed by atoms with Gasteiger partial charge in [-0.2, -0.15) is 5.01 Å². The number of fused-ring (bicyclic) bond motifs is 2. The Balaban J connectivity index is 1.31. The van der Waals surface area contributed by atoms with E-state index in [0.29, 0.717) is 18.7 Å². The maximum atomic E-state index is 14.2. The molecule has 4 aromatic rings. The quantitative estimate of drug-likeness (QED) is 0.219. The highest BCUT2D eigenvalue weighted by Gasteiger charge is 2.52. The average Bonchev–Trinajstić information content (AvgIpc) is 3.37. The van der Waals surface area contributed by atoms with Gasteiger partial charge in [-0.1, -0.05) is 72.8 Å². The van der Waals surface area contributed by atoms with E-state index in [9.17, 15) is 18.8 Å². The molecule has 2 heterocycles. The van der Waals surface area contributed by atoms with Crippen molar-refractivity contribution in [3.8, 4) is 0 Å². The van der Waals surface area contributed by atoms with Crippen LogP contribution in [-0.2, 0) is 29.1 Å². The second kappa shape index (κ2) is 12.8. The van der Waals surface area contributed by atoms with Crippen molar-refractivity contribution in [1.82, 2.24) is 25.1 Å². The van der Waals surface area contributed by atoms with E-state index in [1.165, 1.54) is 17.1 Å². The molecule has 9 nitrogen and oxygen atoms in total. The lowest BCUT2D eigenvalue weighted by Crippen LogP contribution is -2.66. The average molecular weight is 607 g/mol. The number of nitrogens with one attached hydrogen (secondary N) is 1. The largest absolute Gasteiger partial charge is 0.399 e. The van der Waals surface area contributed by atoms with E-state index < -0.39 is 18.2 Å². The maximum absolute atomic E-state index is 14.2. The summed E-state index contributed by atoms with van der Waals surface area (Å²) in [6, 6.07) is 26.1. The fraction of sp³-hybridized carbons (Fsp3) is 0.229. The number of hydrazine groups is 1. The standard InChI is InChI=1S/C35H35FN6O3/c1-2-18-40(35(45)38-20-25-10-14-28(36)15-11-25)41-23-33(43)42-31(19-24-12-16-29(37)17-13-24)34(44)39(22-32(41)42)21-27-8-5-7-26-6-3-4-9-30(26)27/h2-17,31-32H,1,18-23,37H2,(H,38,45)/t31-,32+/m0/s1. The molecule has 6 rings (SSSR count). The molecule has 4 aromatic carbocycles. The fourth-order valence-electron chi connectivity index (χ4n) is 6.20. The number of amides is 4. The first kappa shape index (κ1) is 29.8. The van der Waals surface area contributed by atoms with Crippen LogP contribution in [0.5, 0.6) is 0 Å². The molecule has 2 aliphatic heterocycles. The minimum atomic E-state index is -0.771. The monoisotopic (exact) mass is 606 g/mol. The maximum Gasteiger partial charge on any atom is 0.332 e. The normalized spacial score (nSPS) is 18.2. The van der Waals surface area contributed by atoms with Crippen molar-refractivity contribution in [2.45, 2.75) is 31.7 Å². The number of rotatable bonds is 9. The van der Waals surface area contributed by atoms with Crippen molar-refractivity contribution in [2.75, 3.05) is 25.4 Å². The summed E-state index contributed by atoms with van der Waals surface area (Å²) < 4.78 is 13.4. The number of hydrogen-bond donors (Lipinski definition) is 2. The Morgan fingerprint density at radius 1 is 0.978 bits per heavy atom. The summed E-state index contributed by atoms with van der Waals surface area (Å²) in [5.74, 6) is -0.747. The molecular weight excluding hydrogens is 571 g/mol. The van der Waals surface area contributed by atoms with Crippen LogP contribution in [0.4, 0.5) is 14.9 Å². The summed E-state index contributed by atoms with van der Waals surface area (Å²) in [6.07, 6.45) is 1.32. The van der Waals surface area contributed by atoms with Gasteiger partial charge in [-0.05, 0) is 51.7 Å². The molecule has 0 aromatic heterocycles. The number of piperazine rings is 1. The van der Waals surface area contributed by atoms with E-state index in [2.05, 4.69) is 11.9 Å². The number of nitrogen functional groups attached to an aromatic ring is 1. The zero-order chi connectivity index (χ0) is 31.5. The number of carbonyl (C=O) groups is 3. The molecule has 4 amide bonds. The third-order valence-corrected chi connectivity index (χ3v) is 8.42. The van der Waals surface area contributed by atoms with Crippen LogP contribution in [0.1, 0.15) is 16.7 Å². The number of nitrogens with two attached hydrogens (primary N) is 1. The third kappa shape index (κ3) is 6.23. The van der Waals surface area contributed by atoms with Crippen molar-refractivity contribution in [1.29, 1.82) is 0 Å². The lowest BCUT2D eigenvalue weighted by molar-refractivity contribution is -0.157. The Bertz CT molecular complexity index is 1720.